The van der Waals surface area contributed by atoms with Crippen molar-refractivity contribution < 1.29 is 98.4 Å². The molecule has 20 atom stereocenters. The van der Waals surface area contributed by atoms with Crippen LogP contribution < -0.4 is 0 Å². The molecule has 0 aromatic carbocycles. The SMILES string of the molecule is OC[C@H]1O[C@@H](O[C@@H]2[C@H]3OC[C@@H]2O[C@@H](O)[C@H]3O)[C@H](O)[C@@H](O[C@@H]2O[C@H]3CO[C@@H]([C@@H]2O)[C@H]3O[C@@]23O[C@H](CO)[C@H](O)[C@H](O)[C@@]2(O)O3)[C@@H]1O. The summed E-state index contributed by atoms with van der Waals surface area (Å²) in [5.41, 5.74) is 0. The summed E-state index contributed by atoms with van der Waals surface area (Å²) in [6.45, 7) is -1.65. The summed E-state index contributed by atoms with van der Waals surface area (Å²) in [6, 6.07) is 0. The van der Waals surface area contributed by atoms with Gasteiger partial charge in [-0.05, 0) is 0 Å². The maximum atomic E-state index is 11.1. The Kier molecular flexibility index (Phi) is 8.25. The maximum absolute atomic E-state index is 11.1. The van der Waals surface area contributed by atoms with Crippen LogP contribution in [0.15, 0.2) is 0 Å². The second-order valence-electron chi connectivity index (χ2n) is 11.8. The fourth-order valence-corrected chi connectivity index (χ4v) is 6.61. The molecule has 7 aliphatic heterocycles. The van der Waals surface area contributed by atoms with Gasteiger partial charge < -0.3 is 93.7 Å². The zero-order valence-electron chi connectivity index (χ0n) is 22.8. The van der Waals surface area contributed by atoms with Gasteiger partial charge in [0.1, 0.15) is 91.6 Å². The van der Waals surface area contributed by atoms with Gasteiger partial charge >= 0.3 is 5.97 Å². The molecule has 44 heavy (non-hydrogen) atoms. The van der Waals surface area contributed by atoms with Gasteiger partial charge in [-0.15, -0.1) is 0 Å². The molecule has 0 radical (unpaired) electrons. The van der Waals surface area contributed by atoms with Crippen LogP contribution in [0.3, 0.4) is 0 Å². The molecule has 4 bridgehead atoms. The summed E-state index contributed by atoms with van der Waals surface area (Å²) in [7, 11) is 0. The van der Waals surface area contributed by atoms with Crippen molar-refractivity contribution in [1.29, 1.82) is 0 Å². The number of ether oxygens (including phenoxy) is 10. The second-order valence-corrected chi connectivity index (χ2v) is 11.8. The average Bonchev–Trinajstić information content (AvgIpc) is 3.30. The highest BCUT2D eigenvalue weighted by molar-refractivity contribution is 5.11. The van der Waals surface area contributed by atoms with Crippen molar-refractivity contribution in [3.8, 4) is 0 Å². The molecule has 20 heteroatoms. The van der Waals surface area contributed by atoms with Crippen molar-refractivity contribution in [2.75, 3.05) is 26.4 Å². The van der Waals surface area contributed by atoms with Crippen LogP contribution in [0, 0.1) is 0 Å². The van der Waals surface area contributed by atoms with E-state index in [1.807, 2.05) is 0 Å². The summed E-state index contributed by atoms with van der Waals surface area (Å²) in [6.07, 6.45) is -25.2. The topological polar surface area (TPSA) is 298 Å². The fraction of sp³-hybridized carbons (Fsp3) is 1.00. The van der Waals surface area contributed by atoms with E-state index in [4.69, 9.17) is 47.4 Å². The number of fused-ring (bicyclic) bond motifs is 5. The zero-order chi connectivity index (χ0) is 31.3. The van der Waals surface area contributed by atoms with Crippen LogP contribution in [0.5, 0.6) is 0 Å². The second kappa shape index (κ2) is 11.4. The normalized spacial score (nSPS) is 59.9. The quantitative estimate of drug-likeness (QED) is 0.110. The van der Waals surface area contributed by atoms with Gasteiger partial charge in [-0.2, -0.15) is 0 Å². The van der Waals surface area contributed by atoms with E-state index in [0.717, 1.165) is 0 Å². The van der Waals surface area contributed by atoms with Crippen LogP contribution in [0.1, 0.15) is 0 Å². The predicted molar refractivity (Wildman–Crippen MR) is 126 cm³/mol. The van der Waals surface area contributed by atoms with Crippen molar-refractivity contribution in [2.24, 2.45) is 0 Å². The molecule has 0 saturated carbocycles. The molecule has 7 heterocycles. The molecule has 10 N–H and O–H groups in total. The molecule has 0 unspecified atom stereocenters. The predicted octanol–water partition coefficient (Wildman–Crippen LogP) is -7.97. The van der Waals surface area contributed by atoms with E-state index >= 15 is 0 Å². The molecule has 7 aliphatic rings. The van der Waals surface area contributed by atoms with Crippen molar-refractivity contribution in [3.63, 3.8) is 0 Å². The Bertz CT molecular complexity index is 1060. The molecule has 20 nitrogen and oxygen atoms in total. The number of epoxide rings is 1. The number of aliphatic hydroxyl groups is 10. The van der Waals surface area contributed by atoms with Crippen molar-refractivity contribution in [3.05, 3.63) is 0 Å². The maximum Gasteiger partial charge on any atom is 0.347 e. The van der Waals surface area contributed by atoms with Crippen LogP contribution in [0.25, 0.3) is 0 Å². The Morgan fingerprint density at radius 1 is 0.636 bits per heavy atom. The summed E-state index contributed by atoms with van der Waals surface area (Å²) in [5, 5.41) is 103. The summed E-state index contributed by atoms with van der Waals surface area (Å²) in [4.78, 5) is 0. The Morgan fingerprint density at radius 3 is 1.93 bits per heavy atom. The summed E-state index contributed by atoms with van der Waals surface area (Å²) >= 11 is 0. The molecule has 7 rings (SSSR count). The highest BCUT2D eigenvalue weighted by Crippen LogP contribution is 2.57. The number of hydrogen-bond donors (Lipinski definition) is 10. The molecule has 0 aliphatic carbocycles. The lowest BCUT2D eigenvalue weighted by Gasteiger charge is -2.46. The molecule has 7 fully saturated rings. The summed E-state index contributed by atoms with van der Waals surface area (Å²) < 4.78 is 55.7. The van der Waals surface area contributed by atoms with Gasteiger partial charge in [-0.25, -0.2) is 0 Å². The highest BCUT2D eigenvalue weighted by atomic mass is 17.0. The van der Waals surface area contributed by atoms with Crippen LogP contribution >= 0.6 is 0 Å². The van der Waals surface area contributed by atoms with Crippen LogP contribution in [-0.4, -0.2) is 200 Å². The molecule has 0 aromatic heterocycles. The standard InChI is InChI=1S/C24H36O20/c25-1-5-9(27)16(12(30)21(38-5)40-14-7-3-35-17(14)11(29)20(33)37-7)41-22-13(31)18-15(8(39-22)4-36-18)43-24-23(34,44-24)19(32)10(28)6(2-26)42-24/h5-22,25-34H,1-4H2/t5-,6-,7+,8+,9-,10+,11+,12-,13+,14+,15+,16+,17+,18+,19+,20-,21+,22+,23-,24+/m1/s1. The lowest BCUT2D eigenvalue weighted by molar-refractivity contribution is -0.376. The highest BCUT2D eigenvalue weighted by Gasteiger charge is 2.84. The van der Waals surface area contributed by atoms with Gasteiger partial charge in [0.2, 0.25) is 0 Å². The monoisotopic (exact) mass is 644 g/mol. The molecular formula is C24H36O20. The summed E-state index contributed by atoms with van der Waals surface area (Å²) in [5.74, 6) is -4.80. The number of aliphatic hydroxyl groups excluding tert-OH is 9. The Morgan fingerprint density at radius 2 is 1.25 bits per heavy atom. The smallest absolute Gasteiger partial charge is 0.347 e. The minimum absolute atomic E-state index is 0.0265. The third-order valence-corrected chi connectivity index (χ3v) is 9.13. The van der Waals surface area contributed by atoms with Gasteiger partial charge in [0.05, 0.1) is 26.4 Å². The first-order valence-corrected chi connectivity index (χ1v) is 14.2. The van der Waals surface area contributed by atoms with E-state index in [-0.39, 0.29) is 13.2 Å². The van der Waals surface area contributed by atoms with Gasteiger partial charge in [0.25, 0.3) is 5.79 Å². The van der Waals surface area contributed by atoms with E-state index in [1.54, 1.807) is 0 Å². The van der Waals surface area contributed by atoms with E-state index in [9.17, 15) is 51.1 Å². The molecule has 252 valence electrons. The minimum Gasteiger partial charge on any atom is -0.394 e. The van der Waals surface area contributed by atoms with Gasteiger partial charge in [0, 0.05) is 0 Å². The first-order valence-electron chi connectivity index (χ1n) is 14.2. The van der Waals surface area contributed by atoms with E-state index in [0.29, 0.717) is 0 Å². The van der Waals surface area contributed by atoms with Gasteiger partial charge in [0.15, 0.2) is 18.9 Å². The third-order valence-electron chi connectivity index (χ3n) is 9.13. The molecule has 0 spiro atoms. The van der Waals surface area contributed by atoms with Gasteiger partial charge in [-0.1, -0.05) is 0 Å². The average molecular weight is 645 g/mol. The lowest BCUT2D eigenvalue weighted by Crippen LogP contribution is -2.65. The Balaban J connectivity index is 1.03. The van der Waals surface area contributed by atoms with Crippen LogP contribution in [0.2, 0.25) is 0 Å². The fourth-order valence-electron chi connectivity index (χ4n) is 6.61. The van der Waals surface area contributed by atoms with E-state index in [2.05, 4.69) is 0 Å². The number of hydrogen-bond acceptors (Lipinski definition) is 20. The van der Waals surface area contributed by atoms with E-state index in [1.165, 1.54) is 0 Å². The van der Waals surface area contributed by atoms with Crippen molar-refractivity contribution in [1.82, 2.24) is 0 Å². The molecule has 7 saturated heterocycles. The van der Waals surface area contributed by atoms with Gasteiger partial charge in [-0.3, -0.25) is 4.74 Å². The zero-order valence-corrected chi connectivity index (χ0v) is 22.8. The molecule has 0 amide bonds. The Labute approximate surface area is 247 Å². The molecular weight excluding hydrogens is 608 g/mol. The first kappa shape index (κ1) is 31.8. The van der Waals surface area contributed by atoms with Crippen LogP contribution in [-0.2, 0) is 47.4 Å². The third kappa shape index (κ3) is 4.77. The van der Waals surface area contributed by atoms with Crippen molar-refractivity contribution >= 4 is 0 Å². The largest absolute Gasteiger partial charge is 0.394 e. The molecule has 0 aromatic rings. The number of rotatable bonds is 8. The minimum atomic E-state index is -2.48. The Hall–Kier alpha value is -0.800. The van der Waals surface area contributed by atoms with E-state index < -0.39 is 135 Å². The first-order chi connectivity index (χ1) is 20.9. The van der Waals surface area contributed by atoms with Crippen LogP contribution in [0.4, 0.5) is 0 Å². The van der Waals surface area contributed by atoms with Crippen molar-refractivity contribution in [2.45, 2.75) is 122 Å². The lowest BCUT2D eigenvalue weighted by atomic mass is 9.96.